The van der Waals surface area contributed by atoms with E-state index in [1.165, 1.54) is 0 Å². The number of ether oxygens (including phenoxy) is 2. The van der Waals surface area contributed by atoms with Crippen LogP contribution in [0.2, 0.25) is 0 Å². The lowest BCUT2D eigenvalue weighted by molar-refractivity contribution is -0.123. The van der Waals surface area contributed by atoms with Gasteiger partial charge in [-0.1, -0.05) is 62.4 Å². The summed E-state index contributed by atoms with van der Waals surface area (Å²) in [5, 5.41) is 11.3. The molecule has 4 aromatic carbocycles. The van der Waals surface area contributed by atoms with E-state index in [4.69, 9.17) is 9.47 Å². The minimum Gasteiger partial charge on any atom is -0.454 e. The van der Waals surface area contributed by atoms with Crippen molar-refractivity contribution in [3.05, 3.63) is 83.9 Å². The van der Waals surface area contributed by atoms with Gasteiger partial charge in [-0.05, 0) is 51.7 Å². The van der Waals surface area contributed by atoms with Crippen molar-refractivity contribution in [3.8, 4) is 11.5 Å². The fraction of sp³-hybridized carbons (Fsp3) is 0.179. The second-order valence-corrected chi connectivity index (χ2v) is 8.73. The Morgan fingerprint density at radius 3 is 2.23 bits per heavy atom. The Balaban J connectivity index is 1.35. The van der Waals surface area contributed by atoms with Crippen LogP contribution in [0.3, 0.4) is 0 Å². The standard InChI is InChI=1S/C28H25N3O4/c1-17(2)26(30-27(32)20-11-12-24-25(14-20)35-16-34-24)28(33)31-29-15-23-21-9-5-3-7-18(21)13-19-8-4-6-10-22(19)23/h3-15,17,26H,16H2,1-2H3,(H,30,32)(H,31,33)/b29-15+. The van der Waals surface area contributed by atoms with Crippen molar-refractivity contribution in [1.82, 2.24) is 10.7 Å². The van der Waals surface area contributed by atoms with Crippen LogP contribution in [-0.2, 0) is 4.79 Å². The van der Waals surface area contributed by atoms with Crippen LogP contribution in [0.15, 0.2) is 77.9 Å². The zero-order chi connectivity index (χ0) is 24.4. The zero-order valence-electron chi connectivity index (χ0n) is 19.4. The number of benzene rings is 4. The number of carbonyl (C=O) groups excluding carboxylic acids is 2. The van der Waals surface area contributed by atoms with Crippen molar-refractivity contribution in [2.24, 2.45) is 11.0 Å². The minimum absolute atomic E-state index is 0.126. The Kier molecular flexibility index (Phi) is 6.06. The Bertz CT molecular complexity index is 1410. The van der Waals surface area contributed by atoms with Gasteiger partial charge in [-0.2, -0.15) is 5.10 Å². The molecule has 176 valence electrons. The van der Waals surface area contributed by atoms with Gasteiger partial charge in [0.1, 0.15) is 6.04 Å². The van der Waals surface area contributed by atoms with E-state index in [1.54, 1.807) is 24.4 Å². The first-order valence-corrected chi connectivity index (χ1v) is 11.4. The first kappa shape index (κ1) is 22.4. The van der Waals surface area contributed by atoms with Gasteiger partial charge in [0.25, 0.3) is 11.8 Å². The summed E-state index contributed by atoms with van der Waals surface area (Å²) in [5.41, 5.74) is 3.92. The van der Waals surface area contributed by atoms with Crippen LogP contribution in [0.4, 0.5) is 0 Å². The van der Waals surface area contributed by atoms with Crippen LogP contribution < -0.4 is 20.2 Å². The number of hydrogen-bond acceptors (Lipinski definition) is 5. The van der Waals surface area contributed by atoms with Crippen LogP contribution in [0.25, 0.3) is 21.5 Å². The lowest BCUT2D eigenvalue weighted by Gasteiger charge is -2.20. The molecule has 0 radical (unpaired) electrons. The maximum atomic E-state index is 13.0. The molecule has 2 N–H and O–H groups in total. The Labute approximate surface area is 202 Å². The molecular weight excluding hydrogens is 442 g/mol. The summed E-state index contributed by atoms with van der Waals surface area (Å²) in [5.74, 6) is 0.183. The number of fused-ring (bicyclic) bond motifs is 3. The molecule has 1 atom stereocenters. The van der Waals surface area contributed by atoms with Crippen LogP contribution in [-0.4, -0.2) is 30.9 Å². The first-order chi connectivity index (χ1) is 17.0. The summed E-state index contributed by atoms with van der Waals surface area (Å²) in [6, 6.07) is 22.4. The highest BCUT2D eigenvalue weighted by Gasteiger charge is 2.25. The molecule has 0 bridgehead atoms. The molecule has 2 amide bonds. The largest absolute Gasteiger partial charge is 0.454 e. The Morgan fingerprint density at radius 2 is 1.54 bits per heavy atom. The topological polar surface area (TPSA) is 89.0 Å². The predicted octanol–water partition coefficient (Wildman–Crippen LogP) is 4.63. The summed E-state index contributed by atoms with van der Waals surface area (Å²) < 4.78 is 10.6. The molecule has 0 saturated heterocycles. The van der Waals surface area contributed by atoms with Crippen LogP contribution in [0, 0.1) is 5.92 Å². The third-order valence-corrected chi connectivity index (χ3v) is 6.05. The SMILES string of the molecule is CC(C)C(NC(=O)c1ccc2c(c1)OCO2)C(=O)N/N=C/c1c2ccccc2cc2ccccc12. The van der Waals surface area contributed by atoms with Crippen molar-refractivity contribution in [2.75, 3.05) is 6.79 Å². The molecule has 0 aliphatic carbocycles. The Hall–Kier alpha value is -4.39. The van der Waals surface area contributed by atoms with Crippen molar-refractivity contribution < 1.29 is 19.1 Å². The normalized spacial score (nSPS) is 13.5. The van der Waals surface area contributed by atoms with Gasteiger partial charge in [0, 0.05) is 11.1 Å². The Morgan fingerprint density at radius 1 is 0.886 bits per heavy atom. The summed E-state index contributed by atoms with van der Waals surface area (Å²) >= 11 is 0. The second-order valence-electron chi connectivity index (χ2n) is 8.73. The quantitative estimate of drug-likeness (QED) is 0.246. The first-order valence-electron chi connectivity index (χ1n) is 11.4. The molecule has 4 aromatic rings. The van der Waals surface area contributed by atoms with Crippen LogP contribution in [0.5, 0.6) is 11.5 Å². The lowest BCUT2D eigenvalue weighted by Crippen LogP contribution is -2.48. The lowest BCUT2D eigenvalue weighted by atomic mass is 9.97. The number of hydrogen-bond donors (Lipinski definition) is 2. The predicted molar refractivity (Wildman–Crippen MR) is 136 cm³/mol. The maximum Gasteiger partial charge on any atom is 0.262 e. The molecule has 0 fully saturated rings. The van der Waals surface area contributed by atoms with Crippen molar-refractivity contribution in [2.45, 2.75) is 19.9 Å². The van der Waals surface area contributed by atoms with Crippen molar-refractivity contribution in [1.29, 1.82) is 0 Å². The van der Waals surface area contributed by atoms with E-state index in [2.05, 4.69) is 34.0 Å². The molecule has 1 aliphatic heterocycles. The second kappa shape index (κ2) is 9.46. The molecule has 0 aromatic heterocycles. The number of rotatable bonds is 6. The van der Waals surface area contributed by atoms with Crippen molar-refractivity contribution in [3.63, 3.8) is 0 Å². The number of carbonyl (C=O) groups is 2. The molecule has 1 heterocycles. The highest BCUT2D eigenvalue weighted by molar-refractivity contribution is 6.13. The van der Waals surface area contributed by atoms with E-state index < -0.39 is 11.9 Å². The van der Waals surface area contributed by atoms with E-state index in [0.29, 0.717) is 17.1 Å². The van der Waals surface area contributed by atoms with Gasteiger partial charge in [-0.3, -0.25) is 9.59 Å². The van der Waals surface area contributed by atoms with E-state index in [9.17, 15) is 9.59 Å². The molecule has 0 spiro atoms. The summed E-state index contributed by atoms with van der Waals surface area (Å²) in [6.45, 7) is 3.86. The van der Waals surface area contributed by atoms with Crippen LogP contribution in [0.1, 0.15) is 29.8 Å². The fourth-order valence-electron chi connectivity index (χ4n) is 4.22. The number of nitrogens with one attached hydrogen (secondary N) is 2. The highest BCUT2D eigenvalue weighted by atomic mass is 16.7. The van der Waals surface area contributed by atoms with Crippen LogP contribution >= 0.6 is 0 Å². The molecule has 7 heteroatoms. The third-order valence-electron chi connectivity index (χ3n) is 6.05. The molecule has 35 heavy (non-hydrogen) atoms. The van der Waals surface area contributed by atoms with Gasteiger partial charge in [-0.25, -0.2) is 5.43 Å². The highest BCUT2D eigenvalue weighted by Crippen LogP contribution is 2.32. The van der Waals surface area contributed by atoms with Gasteiger partial charge < -0.3 is 14.8 Å². The number of nitrogens with zero attached hydrogens (tertiary/aromatic N) is 1. The smallest absolute Gasteiger partial charge is 0.262 e. The summed E-state index contributed by atoms with van der Waals surface area (Å²) in [7, 11) is 0. The molecule has 1 aliphatic rings. The van der Waals surface area contributed by atoms with Gasteiger partial charge in [0.2, 0.25) is 6.79 Å². The monoisotopic (exact) mass is 467 g/mol. The maximum absolute atomic E-state index is 13.0. The van der Waals surface area contributed by atoms with E-state index in [-0.39, 0.29) is 18.6 Å². The zero-order valence-corrected chi connectivity index (χ0v) is 19.4. The number of amides is 2. The summed E-state index contributed by atoms with van der Waals surface area (Å²) in [4.78, 5) is 25.8. The van der Waals surface area contributed by atoms with E-state index >= 15 is 0 Å². The van der Waals surface area contributed by atoms with Gasteiger partial charge >= 0.3 is 0 Å². The average molecular weight is 468 g/mol. The van der Waals surface area contributed by atoms with Gasteiger partial charge in [0.05, 0.1) is 6.21 Å². The molecule has 1 unspecified atom stereocenters. The minimum atomic E-state index is -0.769. The third kappa shape index (κ3) is 4.53. The van der Waals surface area contributed by atoms with E-state index in [1.807, 2.05) is 50.2 Å². The van der Waals surface area contributed by atoms with Gasteiger partial charge in [0.15, 0.2) is 11.5 Å². The fourth-order valence-corrected chi connectivity index (χ4v) is 4.22. The summed E-state index contributed by atoms with van der Waals surface area (Å²) in [6.07, 6.45) is 1.67. The van der Waals surface area contributed by atoms with E-state index in [0.717, 1.165) is 27.1 Å². The molecule has 7 nitrogen and oxygen atoms in total. The molecule has 0 saturated carbocycles. The van der Waals surface area contributed by atoms with Gasteiger partial charge in [-0.15, -0.1) is 0 Å². The molecular formula is C28H25N3O4. The van der Waals surface area contributed by atoms with Crippen molar-refractivity contribution >= 4 is 39.6 Å². The molecule has 5 rings (SSSR count). The average Bonchev–Trinajstić information content (AvgIpc) is 3.34. The number of hydrazone groups is 1.